The number of benzene rings is 1. The van der Waals surface area contributed by atoms with Crippen molar-refractivity contribution in [1.29, 1.82) is 0 Å². The third-order valence-corrected chi connectivity index (χ3v) is 4.47. The smallest absolute Gasteiger partial charge is 0.308 e. The average Bonchev–Trinajstić information content (AvgIpc) is 2.58. The minimum absolute atomic E-state index is 0.0523. The van der Waals surface area contributed by atoms with Crippen LogP contribution < -0.4 is 0 Å². The fraction of sp³-hybridized carbons (Fsp3) is 0.611. The minimum atomic E-state index is -0.387. The van der Waals surface area contributed by atoms with Gasteiger partial charge in [-0.25, -0.2) is 0 Å². The van der Waals surface area contributed by atoms with Crippen LogP contribution in [-0.2, 0) is 30.3 Å². The van der Waals surface area contributed by atoms with Gasteiger partial charge in [-0.1, -0.05) is 44.2 Å². The number of carbonyl (C=O) groups is 1. The first-order valence-electron chi connectivity index (χ1n) is 7.97. The molecule has 1 aliphatic rings. The van der Waals surface area contributed by atoms with E-state index in [0.29, 0.717) is 6.61 Å². The van der Waals surface area contributed by atoms with Crippen molar-refractivity contribution < 1.29 is 23.7 Å². The maximum absolute atomic E-state index is 11.6. The summed E-state index contributed by atoms with van der Waals surface area (Å²) < 4.78 is 22.3. The molecule has 1 saturated heterocycles. The molecule has 1 unspecified atom stereocenters. The SMILES string of the molecule is COC(=O)C[C@H]1OC(OC)[C@H](C)[C@@H](OCc2ccccc2)[C@H]1C. The van der Waals surface area contributed by atoms with Crippen molar-refractivity contribution in [2.24, 2.45) is 11.8 Å². The third kappa shape index (κ3) is 4.53. The van der Waals surface area contributed by atoms with E-state index in [9.17, 15) is 4.79 Å². The largest absolute Gasteiger partial charge is 0.469 e. The molecule has 0 saturated carbocycles. The highest BCUT2D eigenvalue weighted by Gasteiger charge is 2.43. The van der Waals surface area contributed by atoms with Crippen molar-refractivity contribution in [3.8, 4) is 0 Å². The van der Waals surface area contributed by atoms with Gasteiger partial charge in [-0.2, -0.15) is 0 Å². The number of esters is 1. The molecule has 5 atom stereocenters. The lowest BCUT2D eigenvalue weighted by Crippen LogP contribution is -2.51. The predicted molar refractivity (Wildman–Crippen MR) is 85.7 cm³/mol. The lowest BCUT2D eigenvalue weighted by atomic mass is 9.84. The van der Waals surface area contributed by atoms with Crippen molar-refractivity contribution in [3.05, 3.63) is 35.9 Å². The lowest BCUT2D eigenvalue weighted by Gasteiger charge is -2.43. The molecule has 0 amide bonds. The molecule has 0 radical (unpaired) electrons. The van der Waals surface area contributed by atoms with E-state index in [1.54, 1.807) is 7.11 Å². The van der Waals surface area contributed by atoms with Gasteiger partial charge in [0.15, 0.2) is 6.29 Å². The molecular weight excluding hydrogens is 296 g/mol. The van der Waals surface area contributed by atoms with Crippen LogP contribution in [0.4, 0.5) is 0 Å². The molecule has 0 aliphatic carbocycles. The summed E-state index contributed by atoms with van der Waals surface area (Å²) in [6.07, 6.45) is -0.510. The van der Waals surface area contributed by atoms with E-state index in [4.69, 9.17) is 18.9 Å². The second-order valence-corrected chi connectivity index (χ2v) is 6.04. The Hall–Kier alpha value is -1.43. The molecule has 5 heteroatoms. The van der Waals surface area contributed by atoms with Crippen LogP contribution in [-0.4, -0.2) is 38.7 Å². The van der Waals surface area contributed by atoms with Crippen molar-refractivity contribution in [2.75, 3.05) is 14.2 Å². The van der Waals surface area contributed by atoms with Gasteiger partial charge in [0.25, 0.3) is 0 Å². The van der Waals surface area contributed by atoms with Crippen LogP contribution in [0.5, 0.6) is 0 Å². The topological polar surface area (TPSA) is 54.0 Å². The zero-order valence-corrected chi connectivity index (χ0v) is 14.2. The molecule has 1 fully saturated rings. The molecule has 0 N–H and O–H groups in total. The summed E-state index contributed by atoms with van der Waals surface area (Å²) in [6, 6.07) is 10.0. The zero-order valence-electron chi connectivity index (χ0n) is 14.2. The van der Waals surface area contributed by atoms with Crippen LogP contribution in [0.25, 0.3) is 0 Å². The highest BCUT2D eigenvalue weighted by Crippen LogP contribution is 2.34. The second-order valence-electron chi connectivity index (χ2n) is 6.04. The van der Waals surface area contributed by atoms with Crippen molar-refractivity contribution in [2.45, 2.75) is 45.4 Å². The van der Waals surface area contributed by atoms with Gasteiger partial charge in [-0.15, -0.1) is 0 Å². The molecule has 0 spiro atoms. The Morgan fingerprint density at radius 2 is 1.83 bits per heavy atom. The van der Waals surface area contributed by atoms with Gasteiger partial charge in [0.2, 0.25) is 0 Å². The van der Waals surface area contributed by atoms with E-state index in [1.165, 1.54) is 7.11 Å². The standard InChI is InChI=1S/C18H26O5/c1-12-15(10-16(19)20-3)23-18(21-4)13(2)17(12)22-11-14-8-6-5-7-9-14/h5-9,12-13,15,17-18H,10-11H2,1-4H3/t12-,13+,15+,17-,18?/m0/s1. The fourth-order valence-corrected chi connectivity index (χ4v) is 3.09. The first kappa shape index (κ1) is 17.9. The molecular formula is C18H26O5. The highest BCUT2D eigenvalue weighted by molar-refractivity contribution is 5.69. The van der Waals surface area contributed by atoms with Gasteiger partial charge in [-0.3, -0.25) is 4.79 Å². The average molecular weight is 322 g/mol. The molecule has 2 rings (SSSR count). The highest BCUT2D eigenvalue weighted by atomic mass is 16.7. The lowest BCUT2D eigenvalue weighted by molar-refractivity contribution is -0.263. The Kier molecular flexibility index (Phi) is 6.57. The van der Waals surface area contributed by atoms with Crippen molar-refractivity contribution >= 4 is 5.97 Å². The summed E-state index contributed by atoms with van der Waals surface area (Å²) >= 11 is 0. The van der Waals surface area contributed by atoms with Crippen LogP contribution in [0.1, 0.15) is 25.8 Å². The number of methoxy groups -OCH3 is 2. The summed E-state index contributed by atoms with van der Waals surface area (Å²) in [5, 5.41) is 0. The van der Waals surface area contributed by atoms with Crippen LogP contribution in [0.15, 0.2) is 30.3 Å². The van der Waals surface area contributed by atoms with E-state index in [0.717, 1.165) is 5.56 Å². The molecule has 0 bridgehead atoms. The first-order chi connectivity index (χ1) is 11.1. The quantitative estimate of drug-likeness (QED) is 0.754. The van der Waals surface area contributed by atoms with E-state index >= 15 is 0 Å². The number of hydrogen-bond donors (Lipinski definition) is 0. The van der Waals surface area contributed by atoms with E-state index < -0.39 is 0 Å². The minimum Gasteiger partial charge on any atom is -0.469 e. The molecule has 5 nitrogen and oxygen atoms in total. The summed E-state index contributed by atoms with van der Waals surface area (Å²) in [4.78, 5) is 11.6. The van der Waals surface area contributed by atoms with Gasteiger partial charge in [0, 0.05) is 18.9 Å². The number of hydrogen-bond acceptors (Lipinski definition) is 5. The molecule has 0 aromatic heterocycles. The van der Waals surface area contributed by atoms with Crippen LogP contribution >= 0.6 is 0 Å². The first-order valence-corrected chi connectivity index (χ1v) is 7.97. The summed E-state index contributed by atoms with van der Waals surface area (Å²) in [5.41, 5.74) is 1.12. The molecule has 128 valence electrons. The molecule has 1 aromatic carbocycles. The van der Waals surface area contributed by atoms with Crippen LogP contribution in [0.2, 0.25) is 0 Å². The van der Waals surface area contributed by atoms with Crippen LogP contribution in [0.3, 0.4) is 0 Å². The number of ether oxygens (including phenoxy) is 4. The molecule has 23 heavy (non-hydrogen) atoms. The monoisotopic (exact) mass is 322 g/mol. The summed E-state index contributed by atoms with van der Waals surface area (Å²) in [7, 11) is 3.00. The molecule has 1 aromatic rings. The normalized spacial score (nSPS) is 30.9. The van der Waals surface area contributed by atoms with Gasteiger partial charge < -0.3 is 18.9 Å². The van der Waals surface area contributed by atoms with Crippen LogP contribution in [0, 0.1) is 11.8 Å². The van der Waals surface area contributed by atoms with Crippen molar-refractivity contribution in [3.63, 3.8) is 0 Å². The second kappa shape index (κ2) is 8.43. The third-order valence-electron chi connectivity index (χ3n) is 4.47. The maximum atomic E-state index is 11.6. The maximum Gasteiger partial charge on any atom is 0.308 e. The van der Waals surface area contributed by atoms with Gasteiger partial charge in [-0.05, 0) is 5.56 Å². The van der Waals surface area contributed by atoms with E-state index in [-0.39, 0.29) is 42.7 Å². The van der Waals surface area contributed by atoms with Gasteiger partial charge in [0.1, 0.15) is 0 Å². The van der Waals surface area contributed by atoms with E-state index in [2.05, 4.69) is 6.92 Å². The molecule has 1 aliphatic heterocycles. The Morgan fingerprint density at radius 3 is 2.43 bits per heavy atom. The Balaban J connectivity index is 2.05. The number of rotatable bonds is 6. The Labute approximate surface area is 137 Å². The Bertz CT molecular complexity index is 489. The van der Waals surface area contributed by atoms with Crippen molar-refractivity contribution in [1.82, 2.24) is 0 Å². The summed E-state index contributed by atoms with van der Waals surface area (Å²) in [5.74, 6) is -0.139. The van der Waals surface area contributed by atoms with E-state index in [1.807, 2.05) is 37.3 Å². The number of carbonyl (C=O) groups excluding carboxylic acids is 1. The summed E-state index contributed by atoms with van der Waals surface area (Å²) in [6.45, 7) is 4.63. The van der Waals surface area contributed by atoms with Gasteiger partial charge >= 0.3 is 5.97 Å². The zero-order chi connectivity index (χ0) is 16.8. The Morgan fingerprint density at radius 1 is 1.13 bits per heavy atom. The fourth-order valence-electron chi connectivity index (χ4n) is 3.09. The molecule has 1 heterocycles. The predicted octanol–water partition coefficient (Wildman–Crippen LogP) is 2.78. The van der Waals surface area contributed by atoms with Gasteiger partial charge in [0.05, 0.1) is 32.3 Å².